The number of esters is 1. The molecule has 5 amide bonds. The molecule has 123 heavy (non-hydrogen) atoms. The highest BCUT2D eigenvalue weighted by molar-refractivity contribution is 8.76. The second-order valence-electron chi connectivity index (χ2n) is 32.0. The number of nitrogens with zero attached hydrogens (tertiary/aromatic N) is 9. The zero-order valence-corrected chi connectivity index (χ0v) is 70.2. The highest BCUT2D eigenvalue weighted by atomic mass is 33.1. The van der Waals surface area contributed by atoms with Crippen LogP contribution in [0.4, 0.5) is 10.5 Å². The fourth-order valence-electron chi connectivity index (χ4n) is 18.7. The van der Waals surface area contributed by atoms with Gasteiger partial charge >= 0.3 is 30.0 Å². The second kappa shape index (κ2) is 38.7. The molecule has 0 radical (unpaired) electrons. The summed E-state index contributed by atoms with van der Waals surface area (Å²) in [6, 6.07) is 4.89. The number of aromatic amines is 1. The number of hydrogen-bond donors (Lipinski definition) is 18. The number of carbonyl (C=O) groups excluding carboxylic acids is 6. The van der Waals surface area contributed by atoms with Crippen molar-refractivity contribution in [2.24, 2.45) is 5.41 Å². The number of aliphatic carboxylic acids is 3. The molecular weight excluding hydrogens is 1660 g/mol. The molecule has 4 fully saturated rings. The molecule has 7 aliphatic rings. The van der Waals surface area contributed by atoms with Crippen LogP contribution < -0.4 is 36.4 Å². The lowest BCUT2D eigenvalue weighted by atomic mass is 9.47. The summed E-state index contributed by atoms with van der Waals surface area (Å²) >= 11 is 0. The van der Waals surface area contributed by atoms with Crippen molar-refractivity contribution >= 4 is 91.8 Å². The molecule has 5 aromatic rings. The molecule has 3 aromatic heterocycles. The van der Waals surface area contributed by atoms with Gasteiger partial charge in [-0.05, 0) is 81.8 Å². The van der Waals surface area contributed by atoms with Crippen LogP contribution in [-0.2, 0) is 110 Å². The van der Waals surface area contributed by atoms with Crippen LogP contribution in [0.1, 0.15) is 99.5 Å². The third kappa shape index (κ3) is 18.3. The molecule has 674 valence electrons. The van der Waals surface area contributed by atoms with Crippen LogP contribution in [0.5, 0.6) is 5.75 Å². The van der Waals surface area contributed by atoms with Crippen LogP contribution >= 0.6 is 21.6 Å². The molecule has 9 heterocycles. The Balaban J connectivity index is 0.719. The number of carboxylic acids is 3. The first-order valence-electron chi connectivity index (χ1n) is 40.4. The van der Waals surface area contributed by atoms with Gasteiger partial charge in [0.15, 0.2) is 30.4 Å². The lowest BCUT2D eigenvalue weighted by molar-refractivity contribution is -0.294. The number of methoxy groups -OCH3 is 2. The maximum absolute atomic E-state index is 15.6. The first-order chi connectivity index (χ1) is 58.6. The van der Waals surface area contributed by atoms with E-state index in [1.165, 1.54) is 42.9 Å². The van der Waals surface area contributed by atoms with Gasteiger partial charge in [-0.2, -0.15) is 0 Å². The van der Waals surface area contributed by atoms with Gasteiger partial charge in [-0.1, -0.05) is 83.1 Å². The van der Waals surface area contributed by atoms with Crippen LogP contribution in [0, 0.1) is 5.41 Å². The van der Waals surface area contributed by atoms with E-state index in [1.54, 1.807) is 18.0 Å². The van der Waals surface area contributed by atoms with Crippen LogP contribution in [0.25, 0.3) is 10.9 Å². The molecule has 45 heteroatoms. The maximum Gasteiger partial charge on any atom is 0.426 e. The number of aliphatic hydroxyl groups is 9. The Labute approximate surface area is 712 Å². The van der Waals surface area contributed by atoms with E-state index in [4.69, 9.17) is 33.2 Å². The van der Waals surface area contributed by atoms with Crippen molar-refractivity contribution in [1.82, 2.24) is 71.6 Å². The molecule has 0 bridgehead atoms. The summed E-state index contributed by atoms with van der Waals surface area (Å²) < 4.78 is 41.4. The molecule has 3 saturated heterocycles. The van der Waals surface area contributed by atoms with Crippen molar-refractivity contribution < 1.29 is 138 Å². The fourth-order valence-corrected chi connectivity index (χ4v) is 20.7. The number of amides is 5. The molecule has 2 aromatic carbocycles. The number of nitrogens with one attached hydrogen (secondary N) is 6. The van der Waals surface area contributed by atoms with Gasteiger partial charge in [-0.25, -0.2) is 34.0 Å². The number of carbonyl (C=O) groups is 9. The molecule has 6 aliphatic heterocycles. The molecule has 4 unspecified atom stereocenters. The average Bonchev–Trinajstić information content (AvgIpc) is 1.48. The van der Waals surface area contributed by atoms with E-state index in [9.17, 15) is 94.8 Å². The molecule has 1 saturated carbocycles. The first kappa shape index (κ1) is 92.9. The van der Waals surface area contributed by atoms with Crippen LogP contribution in [0.3, 0.4) is 0 Å². The minimum atomic E-state index is -2.73. The van der Waals surface area contributed by atoms with Crippen LogP contribution in [-0.4, -0.2) is 354 Å². The van der Waals surface area contributed by atoms with E-state index in [-0.39, 0.29) is 81.5 Å². The summed E-state index contributed by atoms with van der Waals surface area (Å²) in [6.45, 7) is 5.78. The number of aliphatic hydroxyl groups excluding tert-OH is 7. The number of hydrogen-bond acceptors (Lipinski definition) is 34. The number of ether oxygens (including phenoxy) is 7. The number of anilines is 1. The normalized spacial score (nSPS) is 30.7. The first-order valence-corrected chi connectivity index (χ1v) is 42.9. The number of rotatable bonds is 33. The number of β-amino-alcohol motifs (C(OH)–C–C–N with tert-alkyl or cyclic N) is 1. The summed E-state index contributed by atoms with van der Waals surface area (Å²) in [7, 11) is 8.46. The van der Waals surface area contributed by atoms with E-state index in [0.29, 0.717) is 86.5 Å². The summed E-state index contributed by atoms with van der Waals surface area (Å²) in [5.74, 6) is -9.37. The summed E-state index contributed by atoms with van der Waals surface area (Å²) in [4.78, 5) is 133. The fraction of sp³-hybridized carbons (Fsp3) is 0.628. The maximum atomic E-state index is 15.6. The SMILES string of the molecule is CCC(=O)N[C@@H](Cc1cn(CCO[C@@H]2OC(C(=O)O)[C@@H](O)[C@H](O)C2O)nn1)C(=O)N[C@@H](Cc1cn(CCO[C@@H]2OC(C(=O)O)[C@@H](O)C(O)[C@@H]2O)nn1)C(=O)N[C@@H](CSSCCOC(=O)NNC(=O)[C@@]1(O)[C@H](O)[C@]2(CC)C=CCN3CC[C@@]4(c5cc([C@@]6(C(=O)OC)CCC[C@@](O)(CC)CN(C)CCc7c6[nH]c6ccccc76)c(OC)cc5N(C)[C@@H]14)[C@@H]32)C(=O)O. The van der Waals surface area contributed by atoms with Crippen LogP contribution in [0.2, 0.25) is 0 Å². The van der Waals surface area contributed by atoms with Crippen molar-refractivity contribution in [2.45, 2.75) is 218 Å². The number of aromatic nitrogens is 7. The lowest BCUT2D eigenvalue weighted by Gasteiger charge is -2.63. The number of likely N-dealkylation sites (N-methyl/N-ethyl adjacent to an activating group) is 2. The number of carboxylic acid groups (broad SMARTS) is 3. The smallest absolute Gasteiger partial charge is 0.426 e. The van der Waals surface area contributed by atoms with Gasteiger partial charge in [0.1, 0.15) is 78.6 Å². The van der Waals surface area contributed by atoms with Gasteiger partial charge in [-0.3, -0.25) is 34.3 Å². The number of H-pyrrole nitrogens is 1. The summed E-state index contributed by atoms with van der Waals surface area (Å²) in [6.07, 6.45) is -14.1. The highest BCUT2D eigenvalue weighted by Gasteiger charge is 2.79. The molecular formula is C78H107N15O28S2. The second-order valence-corrected chi connectivity index (χ2v) is 34.7. The Kier molecular flexibility index (Phi) is 29.2. The van der Waals surface area contributed by atoms with Crippen molar-refractivity contribution in [2.75, 3.05) is 90.7 Å². The molecule has 43 nitrogen and oxygen atoms in total. The van der Waals surface area contributed by atoms with E-state index >= 15 is 9.59 Å². The Hall–Kier alpha value is -9.27. The van der Waals surface area contributed by atoms with Crippen LogP contribution in [0.15, 0.2) is 60.9 Å². The highest BCUT2D eigenvalue weighted by Crippen LogP contribution is 2.68. The van der Waals surface area contributed by atoms with Crippen molar-refractivity contribution in [3.05, 3.63) is 94.7 Å². The Morgan fingerprint density at radius 1 is 0.691 bits per heavy atom. The van der Waals surface area contributed by atoms with Gasteiger partial charge < -0.3 is 125 Å². The minimum absolute atomic E-state index is 0.000875. The van der Waals surface area contributed by atoms with Crippen molar-refractivity contribution in [3.8, 4) is 5.75 Å². The Bertz CT molecular complexity index is 4720. The van der Waals surface area contributed by atoms with Gasteiger partial charge in [0.25, 0.3) is 5.91 Å². The van der Waals surface area contributed by atoms with E-state index < -0.39 is 185 Å². The van der Waals surface area contributed by atoms with Gasteiger partial charge in [-0.15, -0.1) is 10.2 Å². The lowest BCUT2D eigenvalue weighted by Crippen LogP contribution is -2.82. The average molecular weight is 1770 g/mol. The molecule has 12 rings (SSSR count). The number of hydrazine groups is 1. The Morgan fingerprint density at radius 3 is 1.88 bits per heavy atom. The van der Waals surface area contributed by atoms with E-state index in [2.05, 4.69) is 62.2 Å². The number of fused-ring (bicyclic) bond motifs is 4. The zero-order chi connectivity index (χ0) is 88.9. The molecule has 1 aliphatic carbocycles. The van der Waals surface area contributed by atoms with Gasteiger partial charge in [0, 0.05) is 121 Å². The minimum Gasteiger partial charge on any atom is -0.496 e. The topological polar surface area (TPSA) is 608 Å². The largest absolute Gasteiger partial charge is 0.496 e. The third-order valence-corrected chi connectivity index (χ3v) is 27.2. The molecule has 18 N–H and O–H groups in total. The Morgan fingerprint density at radius 2 is 1.30 bits per heavy atom. The monoisotopic (exact) mass is 1770 g/mol. The van der Waals surface area contributed by atoms with Crippen molar-refractivity contribution in [3.63, 3.8) is 0 Å². The van der Waals surface area contributed by atoms with Gasteiger partial charge in [0.05, 0.1) is 63.6 Å². The standard InChI is InChI=1S/C78H107N15O28S2/c1-8-51(94)79-46(31-39-35-92(87-83-39)25-27-117-66-56(99)52(95)54(97)58(120-66)64(105)106)61(101)81-47(32-40-36-93(88-84-40)26-28-118-67-57(100)53(96)55(98)59(121-67)65(107)108)62(102)82-48(63(103)104)37-123-122-30-29-119-73(112)86-85-71(110)78(114)69-77(21-24-91-22-14-19-75(10-3,68(77)91)70(78)109)43-33-44(50(115-6)34-49(43)90(69)5)76(72(111)116-7)20-13-18-74(113,9-2)38-89(4)23-17-42-41-15-11-12-16-45(41)80-60(42)76/h11-12,14-16,19,33-36,46-48,52-59,66-70,80,95-100,109,113-114H,8-10,13,17-18,20-32,37-38H2,1-7H3,(H,79,94)(H,81,101)(H,82,102)(H,85,110)(H,86,112)(H,103,104)(H,105,106)(H,107,108)/t46-,47-,48-,52-,53?,54-,55-,56?,57-,58?,59?,66+,67+,68-,69+,70+,74-,75+,76-,77+,78-/m0/s1. The summed E-state index contributed by atoms with van der Waals surface area (Å²) in [5.41, 5.74) is 0.682. The number of benzene rings is 2. The predicted octanol–water partition coefficient (Wildman–Crippen LogP) is -3.79. The third-order valence-electron chi connectivity index (χ3n) is 24.8. The number of para-hydroxylation sites is 1. The predicted molar refractivity (Wildman–Crippen MR) is 430 cm³/mol. The van der Waals surface area contributed by atoms with Crippen molar-refractivity contribution in [1.29, 1.82) is 0 Å². The molecule has 1 spiro atoms. The molecule has 21 atom stereocenters. The van der Waals surface area contributed by atoms with E-state index in [0.717, 1.165) is 38.1 Å². The summed E-state index contributed by atoms with van der Waals surface area (Å²) in [5, 5.41) is 154. The quantitative estimate of drug-likeness (QED) is 0.00630. The van der Waals surface area contributed by atoms with E-state index in [1.807, 2.05) is 63.4 Å². The zero-order valence-electron chi connectivity index (χ0n) is 68.6. The van der Waals surface area contributed by atoms with Gasteiger partial charge in [0.2, 0.25) is 17.7 Å².